The lowest BCUT2D eigenvalue weighted by molar-refractivity contribution is -0.132. The van der Waals surface area contributed by atoms with Crippen LogP contribution in [-0.2, 0) is 16.1 Å². The summed E-state index contributed by atoms with van der Waals surface area (Å²) in [5, 5.41) is 5.83. The number of nitrogens with one attached hydrogen (secondary N) is 2. The third-order valence-electron chi connectivity index (χ3n) is 4.23. The van der Waals surface area contributed by atoms with Crippen LogP contribution in [0.25, 0.3) is 0 Å². The van der Waals surface area contributed by atoms with Crippen LogP contribution < -0.4 is 16.4 Å². The first-order valence-corrected chi connectivity index (χ1v) is 8.18. The van der Waals surface area contributed by atoms with Gasteiger partial charge in [-0.1, -0.05) is 12.1 Å². The second-order valence-corrected chi connectivity index (χ2v) is 6.23. The quantitative estimate of drug-likeness (QED) is 0.714. The molecule has 0 spiro atoms. The summed E-state index contributed by atoms with van der Waals surface area (Å²) in [4.78, 5) is 24.1. The van der Waals surface area contributed by atoms with Gasteiger partial charge in [-0.3, -0.25) is 9.59 Å². The number of hydrogen-bond donors (Lipinski definition) is 3. The normalized spacial score (nSPS) is 22.5. The van der Waals surface area contributed by atoms with E-state index in [-0.39, 0.29) is 30.3 Å². The minimum absolute atomic E-state index is 0. The van der Waals surface area contributed by atoms with E-state index in [1.165, 1.54) is 0 Å². The minimum atomic E-state index is -0.412. The lowest BCUT2D eigenvalue weighted by Gasteiger charge is -2.13. The van der Waals surface area contributed by atoms with Gasteiger partial charge < -0.3 is 21.1 Å². The highest BCUT2D eigenvalue weighted by Gasteiger charge is 2.29. The predicted octanol–water partition coefficient (Wildman–Crippen LogP) is 1.12. The first kappa shape index (κ1) is 18.7. The van der Waals surface area contributed by atoms with Gasteiger partial charge in [-0.15, -0.1) is 12.4 Å². The van der Waals surface area contributed by atoms with Gasteiger partial charge in [-0.2, -0.15) is 0 Å². The van der Waals surface area contributed by atoms with Crippen molar-refractivity contribution in [2.45, 2.75) is 50.5 Å². The van der Waals surface area contributed by atoms with E-state index in [4.69, 9.17) is 10.5 Å². The fraction of sp³-hybridized carbons (Fsp3) is 0.529. The van der Waals surface area contributed by atoms with Gasteiger partial charge in [0.2, 0.25) is 5.91 Å². The van der Waals surface area contributed by atoms with Gasteiger partial charge in [0.25, 0.3) is 5.91 Å². The molecule has 0 bridgehead atoms. The fourth-order valence-electron chi connectivity index (χ4n) is 2.69. The Morgan fingerprint density at radius 1 is 1.21 bits per heavy atom. The molecule has 4 N–H and O–H groups in total. The second kappa shape index (κ2) is 8.46. The third kappa shape index (κ3) is 4.93. The van der Waals surface area contributed by atoms with E-state index in [1.807, 2.05) is 18.2 Å². The van der Waals surface area contributed by atoms with E-state index in [1.54, 1.807) is 6.07 Å². The molecular formula is C17H24ClN3O3. The van der Waals surface area contributed by atoms with Crippen molar-refractivity contribution in [3.05, 3.63) is 35.4 Å². The van der Waals surface area contributed by atoms with Gasteiger partial charge in [-0.05, 0) is 43.4 Å². The van der Waals surface area contributed by atoms with Gasteiger partial charge in [0.15, 0.2) is 0 Å². The zero-order valence-electron chi connectivity index (χ0n) is 13.5. The maximum Gasteiger partial charge on any atom is 0.251 e. The molecule has 24 heavy (non-hydrogen) atoms. The number of carbonyl (C=O) groups is 2. The minimum Gasteiger partial charge on any atom is -0.364 e. The van der Waals surface area contributed by atoms with E-state index in [0.717, 1.165) is 24.8 Å². The Morgan fingerprint density at radius 2 is 2.00 bits per heavy atom. The Balaban J connectivity index is 0.00000208. The number of ether oxygens (including phenoxy) is 1. The van der Waals surface area contributed by atoms with Crippen LogP contribution in [0.4, 0.5) is 0 Å². The fourth-order valence-corrected chi connectivity index (χ4v) is 2.69. The van der Waals surface area contributed by atoms with E-state index < -0.39 is 6.10 Å². The van der Waals surface area contributed by atoms with Gasteiger partial charge in [-0.25, -0.2) is 0 Å². The average molecular weight is 354 g/mol. The SMILES string of the molecule is Cl.NC[C@H]1CC[C@@H](C(=O)NCc2cccc(C(=O)NC3CC3)c2)O1. The molecule has 1 saturated carbocycles. The molecule has 1 aliphatic carbocycles. The molecule has 2 fully saturated rings. The van der Waals surface area contributed by atoms with Crippen molar-refractivity contribution in [1.29, 1.82) is 0 Å². The highest BCUT2D eigenvalue weighted by atomic mass is 35.5. The number of halogens is 1. The molecule has 0 aromatic heterocycles. The van der Waals surface area contributed by atoms with Crippen molar-refractivity contribution >= 4 is 24.2 Å². The highest BCUT2D eigenvalue weighted by molar-refractivity contribution is 5.94. The van der Waals surface area contributed by atoms with E-state index in [9.17, 15) is 9.59 Å². The monoisotopic (exact) mass is 353 g/mol. The van der Waals surface area contributed by atoms with Gasteiger partial charge >= 0.3 is 0 Å². The molecule has 1 heterocycles. The van der Waals surface area contributed by atoms with Crippen LogP contribution in [-0.4, -0.2) is 36.6 Å². The predicted molar refractivity (Wildman–Crippen MR) is 93.0 cm³/mol. The van der Waals surface area contributed by atoms with Crippen molar-refractivity contribution in [2.24, 2.45) is 5.73 Å². The maximum atomic E-state index is 12.1. The first-order valence-electron chi connectivity index (χ1n) is 8.18. The van der Waals surface area contributed by atoms with Crippen LogP contribution in [0.5, 0.6) is 0 Å². The van der Waals surface area contributed by atoms with Crippen molar-refractivity contribution in [3.63, 3.8) is 0 Å². The lowest BCUT2D eigenvalue weighted by atomic mass is 10.1. The van der Waals surface area contributed by atoms with Crippen LogP contribution in [0.15, 0.2) is 24.3 Å². The maximum absolute atomic E-state index is 12.1. The highest BCUT2D eigenvalue weighted by Crippen LogP contribution is 2.20. The summed E-state index contributed by atoms with van der Waals surface area (Å²) in [6.45, 7) is 0.832. The van der Waals surface area contributed by atoms with Crippen molar-refractivity contribution in [3.8, 4) is 0 Å². The Morgan fingerprint density at radius 3 is 2.67 bits per heavy atom. The summed E-state index contributed by atoms with van der Waals surface area (Å²) >= 11 is 0. The van der Waals surface area contributed by atoms with Crippen LogP contribution >= 0.6 is 12.4 Å². The molecule has 1 aromatic rings. The zero-order chi connectivity index (χ0) is 16.2. The van der Waals surface area contributed by atoms with E-state index >= 15 is 0 Å². The molecule has 7 heteroatoms. The Bertz CT molecular complexity index is 592. The molecule has 1 aromatic carbocycles. The zero-order valence-corrected chi connectivity index (χ0v) is 14.3. The van der Waals surface area contributed by atoms with Crippen molar-refractivity contribution < 1.29 is 14.3 Å². The van der Waals surface area contributed by atoms with Crippen LogP contribution in [0, 0.1) is 0 Å². The molecule has 6 nitrogen and oxygen atoms in total. The standard InChI is InChI=1S/C17H23N3O3.ClH/c18-9-14-6-7-15(23-14)17(22)19-10-11-2-1-3-12(8-11)16(21)20-13-4-5-13;/h1-3,8,13-15H,4-7,9-10,18H2,(H,19,22)(H,20,21);1H/t14-,15+;/m1./s1. The number of hydrogen-bond acceptors (Lipinski definition) is 4. The number of nitrogens with two attached hydrogens (primary N) is 1. The first-order chi connectivity index (χ1) is 11.2. The number of amides is 2. The Labute approximate surface area is 147 Å². The van der Waals surface area contributed by atoms with E-state index in [2.05, 4.69) is 10.6 Å². The molecule has 2 aliphatic rings. The molecule has 0 radical (unpaired) electrons. The third-order valence-corrected chi connectivity index (χ3v) is 4.23. The molecule has 3 rings (SSSR count). The van der Waals surface area contributed by atoms with Gasteiger partial charge in [0.1, 0.15) is 6.10 Å². The molecular weight excluding hydrogens is 330 g/mol. The summed E-state index contributed by atoms with van der Waals surface area (Å²) in [6.07, 6.45) is 3.23. The molecule has 1 saturated heterocycles. The molecule has 2 atom stereocenters. The average Bonchev–Trinajstić information content (AvgIpc) is 3.25. The van der Waals surface area contributed by atoms with E-state index in [0.29, 0.717) is 31.1 Å². The van der Waals surface area contributed by atoms with Crippen LogP contribution in [0.2, 0.25) is 0 Å². The van der Waals surface area contributed by atoms with Gasteiger partial charge in [0.05, 0.1) is 6.10 Å². The molecule has 2 amide bonds. The summed E-state index contributed by atoms with van der Waals surface area (Å²) in [6, 6.07) is 7.66. The summed E-state index contributed by atoms with van der Waals surface area (Å²) in [7, 11) is 0. The largest absolute Gasteiger partial charge is 0.364 e. The number of rotatable bonds is 6. The van der Waals surface area contributed by atoms with Crippen molar-refractivity contribution in [1.82, 2.24) is 10.6 Å². The van der Waals surface area contributed by atoms with Crippen LogP contribution in [0.3, 0.4) is 0 Å². The summed E-state index contributed by atoms with van der Waals surface area (Å²) in [5.74, 6) is -0.167. The smallest absolute Gasteiger partial charge is 0.251 e. The molecule has 1 aliphatic heterocycles. The summed E-state index contributed by atoms with van der Waals surface area (Å²) < 4.78 is 5.57. The second-order valence-electron chi connectivity index (χ2n) is 6.23. The molecule has 132 valence electrons. The Kier molecular flexibility index (Phi) is 6.60. The van der Waals surface area contributed by atoms with Gasteiger partial charge in [0, 0.05) is 24.7 Å². The molecule has 0 unspecified atom stereocenters. The number of benzene rings is 1. The topological polar surface area (TPSA) is 93.5 Å². The Hall–Kier alpha value is -1.63. The van der Waals surface area contributed by atoms with Crippen molar-refractivity contribution in [2.75, 3.05) is 6.54 Å². The van der Waals surface area contributed by atoms with Crippen LogP contribution in [0.1, 0.15) is 41.6 Å². The lowest BCUT2D eigenvalue weighted by Crippen LogP contribution is -2.35. The number of carbonyl (C=O) groups excluding carboxylic acids is 2. The summed E-state index contributed by atoms with van der Waals surface area (Å²) in [5.41, 5.74) is 7.08.